The molecule has 0 aliphatic carbocycles. The van der Waals surface area contributed by atoms with Gasteiger partial charge in [-0.3, -0.25) is 0 Å². The number of halogens is 1. The van der Waals surface area contributed by atoms with E-state index in [9.17, 15) is 0 Å². The molecule has 7 aromatic rings. The Morgan fingerprint density at radius 1 is 0.545 bits per heavy atom. The summed E-state index contributed by atoms with van der Waals surface area (Å²) in [5.41, 5.74) is 8.86. The fraction of sp³-hybridized carbons (Fsp3) is 0.0789. The molecule has 2 aromatic heterocycles. The van der Waals surface area contributed by atoms with Crippen LogP contribution in [0.15, 0.2) is 140 Å². The molecule has 216 valence electrons. The number of benzene rings is 5. The van der Waals surface area contributed by atoms with E-state index in [0.717, 1.165) is 55.0 Å². The van der Waals surface area contributed by atoms with Crippen molar-refractivity contribution in [3.63, 3.8) is 0 Å². The molecule has 7 rings (SSSR count). The van der Waals surface area contributed by atoms with Crippen molar-refractivity contribution in [3.8, 4) is 22.4 Å². The van der Waals surface area contributed by atoms with E-state index in [2.05, 4.69) is 153 Å². The molecule has 44 heavy (non-hydrogen) atoms. The fourth-order valence-corrected chi connectivity index (χ4v) is 12.7. The second-order valence-corrected chi connectivity index (χ2v) is 18.3. The van der Waals surface area contributed by atoms with Crippen molar-refractivity contribution in [2.75, 3.05) is 0 Å². The third kappa shape index (κ3) is 4.75. The molecule has 0 spiro atoms. The summed E-state index contributed by atoms with van der Waals surface area (Å²) in [6, 6.07) is 48.9. The Balaban J connectivity index is 1.61. The number of aromatic nitrogens is 3. The van der Waals surface area contributed by atoms with Crippen LogP contribution in [0, 0.1) is 13.8 Å². The number of hydrogen-bond acceptors (Lipinski definition) is 4. The van der Waals surface area contributed by atoms with E-state index in [4.69, 9.17) is 25.0 Å². The monoisotopic (exact) mass is 627 g/mol. The van der Waals surface area contributed by atoms with Gasteiger partial charge in [0.05, 0.1) is 0 Å². The first-order valence-electron chi connectivity index (χ1n) is 14.6. The number of nitrogens with zero attached hydrogens (tertiary/aromatic N) is 3. The summed E-state index contributed by atoms with van der Waals surface area (Å²) in [4.78, 5) is 5.53. The zero-order valence-corrected chi connectivity index (χ0v) is 27.0. The Morgan fingerprint density at radius 2 is 0.977 bits per heavy atom. The van der Waals surface area contributed by atoms with Crippen LogP contribution in [0.5, 0.6) is 0 Å². The molecule has 2 heterocycles. The molecule has 0 atom stereocenters. The van der Waals surface area contributed by atoms with Gasteiger partial charge in [-0.2, -0.15) is 0 Å². The normalized spacial score (nSPS) is 12.6. The standard InChI is InChI=1S/C38H31ClN3PS/c1-27-18-22-29(23-19-27)35-34(40-36(38-37(35)41-44-42-38)30-24-20-28(2)21-25-30)26-43(39,31-12-6-3-7-13-31,32-14-8-4-9-15-32)33-16-10-5-11-17-33/h3-25H,26H2,1-2H3. The average molecular weight is 628 g/mol. The predicted octanol–water partition coefficient (Wildman–Crippen LogP) is 9.22. The minimum atomic E-state index is -3.71. The topological polar surface area (TPSA) is 38.7 Å². The number of pyridine rings is 1. The van der Waals surface area contributed by atoms with Gasteiger partial charge >= 0.3 is 268 Å². The molecule has 6 heteroatoms. The first-order valence-corrected chi connectivity index (χ1v) is 18.7. The molecule has 0 saturated carbocycles. The maximum absolute atomic E-state index is 8.59. The van der Waals surface area contributed by atoms with Crippen molar-refractivity contribution in [3.05, 3.63) is 156 Å². The average Bonchev–Trinajstić information content (AvgIpc) is 3.57. The van der Waals surface area contributed by atoms with Crippen LogP contribution in [0.2, 0.25) is 0 Å². The van der Waals surface area contributed by atoms with Crippen molar-refractivity contribution >= 4 is 55.9 Å². The molecule has 0 amide bonds. The second kappa shape index (κ2) is 11.4. The van der Waals surface area contributed by atoms with E-state index in [1.54, 1.807) is 0 Å². The van der Waals surface area contributed by atoms with Crippen LogP contribution in [0.1, 0.15) is 16.8 Å². The Kier molecular flexibility index (Phi) is 7.38. The van der Waals surface area contributed by atoms with Gasteiger partial charge in [0, 0.05) is 0 Å². The summed E-state index contributed by atoms with van der Waals surface area (Å²) in [6.07, 6.45) is 0.501. The number of rotatable bonds is 7. The van der Waals surface area contributed by atoms with Crippen LogP contribution in [-0.2, 0) is 6.16 Å². The first-order chi connectivity index (χ1) is 21.4. The molecule has 0 fully saturated rings. The molecule has 0 saturated heterocycles. The van der Waals surface area contributed by atoms with E-state index in [1.165, 1.54) is 22.9 Å². The summed E-state index contributed by atoms with van der Waals surface area (Å²) < 4.78 is 9.71. The van der Waals surface area contributed by atoms with E-state index < -0.39 is 5.96 Å². The van der Waals surface area contributed by atoms with Crippen molar-refractivity contribution in [2.45, 2.75) is 20.0 Å². The Hall–Kier alpha value is -4.21. The van der Waals surface area contributed by atoms with E-state index in [1.807, 2.05) is 0 Å². The van der Waals surface area contributed by atoms with Gasteiger partial charge in [0.25, 0.3) is 0 Å². The third-order valence-electron chi connectivity index (χ3n) is 8.48. The number of hydrogen-bond donors (Lipinski definition) is 0. The van der Waals surface area contributed by atoms with Gasteiger partial charge in [0.1, 0.15) is 0 Å². The molecule has 0 unspecified atom stereocenters. The second-order valence-electron chi connectivity index (χ2n) is 11.3. The van der Waals surface area contributed by atoms with Gasteiger partial charge in [-0.1, -0.05) is 0 Å². The van der Waals surface area contributed by atoms with Crippen molar-refractivity contribution in [2.24, 2.45) is 0 Å². The van der Waals surface area contributed by atoms with Gasteiger partial charge in [0.15, 0.2) is 0 Å². The van der Waals surface area contributed by atoms with Crippen LogP contribution in [0.25, 0.3) is 33.4 Å². The maximum atomic E-state index is 8.59. The summed E-state index contributed by atoms with van der Waals surface area (Å²) >= 11 is 9.82. The van der Waals surface area contributed by atoms with Crippen LogP contribution in [0.4, 0.5) is 0 Å². The van der Waals surface area contributed by atoms with Crippen LogP contribution < -0.4 is 15.9 Å². The molecule has 0 aliphatic heterocycles. The molecule has 3 nitrogen and oxygen atoms in total. The predicted molar refractivity (Wildman–Crippen MR) is 190 cm³/mol. The third-order valence-corrected chi connectivity index (χ3v) is 16.1. The minimum absolute atomic E-state index is 0.501. The van der Waals surface area contributed by atoms with E-state index in [-0.39, 0.29) is 0 Å². The van der Waals surface area contributed by atoms with Gasteiger partial charge in [-0.05, 0) is 0 Å². The quantitative estimate of drug-likeness (QED) is 0.165. The number of aryl methyl sites for hydroxylation is 2. The molecular weight excluding hydrogens is 597 g/mol. The van der Waals surface area contributed by atoms with Crippen LogP contribution in [-0.4, -0.2) is 13.7 Å². The molecular formula is C38H31ClN3PS. The molecule has 0 radical (unpaired) electrons. The Morgan fingerprint density at radius 3 is 1.45 bits per heavy atom. The Labute approximate surface area is 267 Å². The van der Waals surface area contributed by atoms with Crippen LogP contribution >= 0.6 is 28.9 Å². The zero-order valence-electron chi connectivity index (χ0n) is 24.6. The fourth-order valence-electron chi connectivity index (χ4n) is 6.16. The molecule has 0 aliphatic rings. The Bertz CT molecular complexity index is 1960. The zero-order chi connectivity index (χ0) is 30.2. The summed E-state index contributed by atoms with van der Waals surface area (Å²) in [5.74, 6) is -3.71. The van der Waals surface area contributed by atoms with Gasteiger partial charge in [0.2, 0.25) is 0 Å². The molecule has 0 N–H and O–H groups in total. The molecule has 0 bridgehead atoms. The first kappa shape index (κ1) is 28.6. The van der Waals surface area contributed by atoms with Crippen molar-refractivity contribution in [1.82, 2.24) is 13.7 Å². The van der Waals surface area contributed by atoms with Gasteiger partial charge < -0.3 is 0 Å². The van der Waals surface area contributed by atoms with Crippen molar-refractivity contribution < 1.29 is 0 Å². The van der Waals surface area contributed by atoms with Crippen LogP contribution in [0.3, 0.4) is 0 Å². The SMILES string of the molecule is Cc1ccc(-c2nc(CP(Cl)(c3ccccc3)(c3ccccc3)c3ccccc3)c(-c3ccc(C)cc3)c3nsnc23)cc1. The molecule has 5 aromatic carbocycles. The van der Waals surface area contributed by atoms with E-state index >= 15 is 0 Å². The summed E-state index contributed by atoms with van der Waals surface area (Å²) in [5, 5.41) is 3.30. The summed E-state index contributed by atoms with van der Waals surface area (Å²) in [7, 11) is 0. The van der Waals surface area contributed by atoms with Crippen molar-refractivity contribution in [1.29, 1.82) is 0 Å². The van der Waals surface area contributed by atoms with Gasteiger partial charge in [-0.25, -0.2) is 0 Å². The van der Waals surface area contributed by atoms with E-state index in [0.29, 0.717) is 6.16 Å². The summed E-state index contributed by atoms with van der Waals surface area (Å²) in [6.45, 7) is 4.20. The number of fused-ring (bicyclic) bond motifs is 1. The van der Waals surface area contributed by atoms with Gasteiger partial charge in [-0.15, -0.1) is 0 Å².